The third-order valence-corrected chi connectivity index (χ3v) is 4.36. The van der Waals surface area contributed by atoms with Gasteiger partial charge >= 0.3 is 0 Å². The first-order valence-corrected chi connectivity index (χ1v) is 7.45. The van der Waals surface area contributed by atoms with Crippen molar-refractivity contribution in [3.63, 3.8) is 0 Å². The van der Waals surface area contributed by atoms with Crippen molar-refractivity contribution in [2.24, 2.45) is 7.05 Å². The molecule has 0 saturated heterocycles. The van der Waals surface area contributed by atoms with Crippen LogP contribution in [0.25, 0.3) is 22.0 Å². The summed E-state index contributed by atoms with van der Waals surface area (Å²) in [5, 5.41) is 6.55. The van der Waals surface area contributed by atoms with Crippen molar-refractivity contribution in [1.82, 2.24) is 19.7 Å². The van der Waals surface area contributed by atoms with Crippen LogP contribution >= 0.6 is 38.9 Å². The Bertz CT molecular complexity index is 678. The lowest BCUT2D eigenvalue weighted by atomic mass is 10.2. The molecular formula is C12H8BrClN4S. The van der Waals surface area contributed by atoms with E-state index in [0.29, 0.717) is 11.0 Å². The fourth-order valence-electron chi connectivity index (χ4n) is 1.66. The fourth-order valence-corrected chi connectivity index (χ4v) is 3.20. The smallest absolute Gasteiger partial charge is 0.171 e. The van der Waals surface area contributed by atoms with Crippen molar-refractivity contribution < 1.29 is 0 Å². The van der Waals surface area contributed by atoms with Gasteiger partial charge in [-0.05, 0) is 22.0 Å². The molecule has 3 aromatic heterocycles. The molecule has 0 aliphatic rings. The van der Waals surface area contributed by atoms with E-state index in [1.54, 1.807) is 28.3 Å². The molecule has 0 aliphatic carbocycles. The lowest BCUT2D eigenvalue weighted by molar-refractivity contribution is 0.768. The third kappa shape index (κ3) is 2.70. The van der Waals surface area contributed by atoms with Gasteiger partial charge in [-0.25, -0.2) is 9.97 Å². The summed E-state index contributed by atoms with van der Waals surface area (Å²) in [4.78, 5) is 9.78. The molecular weight excluding hydrogens is 348 g/mol. The highest BCUT2D eigenvalue weighted by molar-refractivity contribution is 9.10. The second kappa shape index (κ2) is 5.03. The molecule has 96 valence electrons. The minimum absolute atomic E-state index is 0.424. The molecule has 0 radical (unpaired) electrons. The number of hydrogen-bond acceptors (Lipinski definition) is 4. The van der Waals surface area contributed by atoms with E-state index in [9.17, 15) is 0 Å². The summed E-state index contributed by atoms with van der Waals surface area (Å²) < 4.78 is 2.74. The van der Waals surface area contributed by atoms with Crippen molar-refractivity contribution in [3.8, 4) is 22.0 Å². The van der Waals surface area contributed by atoms with Crippen LogP contribution in [-0.4, -0.2) is 19.7 Å². The van der Waals surface area contributed by atoms with Gasteiger partial charge in [0.25, 0.3) is 0 Å². The van der Waals surface area contributed by atoms with E-state index in [1.165, 1.54) is 0 Å². The zero-order valence-electron chi connectivity index (χ0n) is 9.84. The lowest BCUT2D eigenvalue weighted by Crippen LogP contribution is -1.91. The Kier molecular flexibility index (Phi) is 3.38. The maximum absolute atomic E-state index is 6.08. The number of hydrogen-bond donors (Lipinski definition) is 0. The van der Waals surface area contributed by atoms with Crippen molar-refractivity contribution in [2.75, 3.05) is 0 Å². The highest BCUT2D eigenvalue weighted by atomic mass is 79.9. The molecule has 0 aromatic carbocycles. The number of aromatic nitrogens is 4. The maximum Gasteiger partial charge on any atom is 0.171 e. The first-order chi connectivity index (χ1) is 9.11. The van der Waals surface area contributed by atoms with Crippen LogP contribution in [0.1, 0.15) is 0 Å². The molecule has 7 heteroatoms. The zero-order valence-corrected chi connectivity index (χ0v) is 13.0. The van der Waals surface area contributed by atoms with Crippen LogP contribution in [0.15, 0.2) is 34.4 Å². The molecule has 0 N–H and O–H groups in total. The number of nitrogens with zero attached hydrogens (tertiary/aromatic N) is 4. The van der Waals surface area contributed by atoms with Crippen molar-refractivity contribution >= 4 is 38.9 Å². The second-order valence-corrected chi connectivity index (χ2v) is 6.15. The highest BCUT2D eigenvalue weighted by Gasteiger charge is 2.10. The average molecular weight is 356 g/mol. The Hall–Kier alpha value is -1.24. The van der Waals surface area contributed by atoms with E-state index in [1.807, 2.05) is 24.7 Å². The van der Waals surface area contributed by atoms with Gasteiger partial charge in [0.05, 0.1) is 16.8 Å². The molecule has 0 aliphatic heterocycles. The van der Waals surface area contributed by atoms with E-state index in [2.05, 4.69) is 31.0 Å². The van der Waals surface area contributed by atoms with E-state index in [-0.39, 0.29) is 0 Å². The van der Waals surface area contributed by atoms with Gasteiger partial charge in [-0.1, -0.05) is 11.6 Å². The van der Waals surface area contributed by atoms with Gasteiger partial charge in [0, 0.05) is 34.7 Å². The quantitative estimate of drug-likeness (QED) is 0.652. The largest absolute Gasteiger partial charge is 0.275 e. The summed E-state index contributed by atoms with van der Waals surface area (Å²) in [6.07, 6.45) is 3.65. The summed E-state index contributed by atoms with van der Waals surface area (Å²) in [5.41, 5.74) is 1.69. The van der Waals surface area contributed by atoms with Gasteiger partial charge in [-0.3, -0.25) is 4.68 Å². The molecule has 4 nitrogen and oxygen atoms in total. The first-order valence-electron chi connectivity index (χ1n) is 5.40. The molecule has 0 fully saturated rings. The topological polar surface area (TPSA) is 43.6 Å². The van der Waals surface area contributed by atoms with E-state index in [4.69, 9.17) is 11.6 Å². The molecule has 0 atom stereocenters. The Labute approximate surface area is 127 Å². The molecule has 0 amide bonds. The SMILES string of the molecule is Cn1cc(-c2cc(Cl)nc(-c3cc(Br)cs3)n2)cn1. The van der Waals surface area contributed by atoms with Crippen LogP contribution < -0.4 is 0 Å². The average Bonchev–Trinajstić information content (AvgIpc) is 2.97. The molecule has 0 bridgehead atoms. The van der Waals surface area contributed by atoms with E-state index >= 15 is 0 Å². The zero-order chi connectivity index (χ0) is 13.4. The van der Waals surface area contributed by atoms with E-state index < -0.39 is 0 Å². The Balaban J connectivity index is 2.10. The summed E-state index contributed by atoms with van der Waals surface area (Å²) in [6, 6.07) is 3.72. The summed E-state index contributed by atoms with van der Waals surface area (Å²) in [5.74, 6) is 0.627. The Morgan fingerprint density at radius 1 is 1.32 bits per heavy atom. The highest BCUT2D eigenvalue weighted by Crippen LogP contribution is 2.30. The molecule has 19 heavy (non-hydrogen) atoms. The van der Waals surface area contributed by atoms with Gasteiger partial charge in [-0.2, -0.15) is 5.10 Å². The summed E-state index contributed by atoms with van der Waals surface area (Å²) in [7, 11) is 1.86. The molecule has 3 aromatic rings. The summed E-state index contributed by atoms with van der Waals surface area (Å²) >= 11 is 11.1. The van der Waals surface area contributed by atoms with E-state index in [0.717, 1.165) is 20.6 Å². The summed E-state index contributed by atoms with van der Waals surface area (Å²) in [6.45, 7) is 0. The Morgan fingerprint density at radius 3 is 2.79 bits per heavy atom. The predicted octanol–water partition coefficient (Wildman–Crippen LogP) is 4.02. The van der Waals surface area contributed by atoms with Crippen molar-refractivity contribution in [2.45, 2.75) is 0 Å². The van der Waals surface area contributed by atoms with Crippen LogP contribution in [0.3, 0.4) is 0 Å². The van der Waals surface area contributed by atoms with Gasteiger partial charge < -0.3 is 0 Å². The second-order valence-electron chi connectivity index (χ2n) is 3.93. The first kappa shape index (κ1) is 12.8. The van der Waals surface area contributed by atoms with Crippen LogP contribution in [0.4, 0.5) is 0 Å². The number of rotatable bonds is 2. The normalized spacial score (nSPS) is 10.9. The van der Waals surface area contributed by atoms with Crippen LogP contribution in [-0.2, 0) is 7.05 Å². The lowest BCUT2D eigenvalue weighted by Gasteiger charge is -2.01. The van der Waals surface area contributed by atoms with Crippen LogP contribution in [0.5, 0.6) is 0 Å². The van der Waals surface area contributed by atoms with Crippen molar-refractivity contribution in [3.05, 3.63) is 39.5 Å². The number of thiophene rings is 1. The fraction of sp³-hybridized carbons (Fsp3) is 0.0833. The maximum atomic E-state index is 6.08. The predicted molar refractivity (Wildman–Crippen MR) is 80.3 cm³/mol. The monoisotopic (exact) mass is 354 g/mol. The van der Waals surface area contributed by atoms with Gasteiger partial charge in [0.2, 0.25) is 0 Å². The molecule has 0 unspecified atom stereocenters. The minimum Gasteiger partial charge on any atom is -0.275 e. The molecule has 0 spiro atoms. The molecule has 3 rings (SSSR count). The van der Waals surface area contributed by atoms with Gasteiger partial charge in [0.1, 0.15) is 5.15 Å². The van der Waals surface area contributed by atoms with Crippen LogP contribution in [0, 0.1) is 0 Å². The standard InChI is InChI=1S/C12H8BrClN4S/c1-18-5-7(4-15-18)9-3-11(14)17-12(16-9)10-2-8(13)6-19-10/h2-6H,1H3. The number of halogens is 2. The Morgan fingerprint density at radius 2 is 2.16 bits per heavy atom. The van der Waals surface area contributed by atoms with Gasteiger partial charge in [-0.15, -0.1) is 11.3 Å². The molecule has 0 saturated carbocycles. The third-order valence-electron chi connectivity index (χ3n) is 2.48. The minimum atomic E-state index is 0.424. The van der Waals surface area contributed by atoms with Crippen molar-refractivity contribution in [1.29, 1.82) is 0 Å². The van der Waals surface area contributed by atoms with Crippen LogP contribution in [0.2, 0.25) is 5.15 Å². The van der Waals surface area contributed by atoms with Gasteiger partial charge in [0.15, 0.2) is 5.82 Å². The molecule has 3 heterocycles. The number of aryl methyl sites for hydroxylation is 1.